The molecule has 0 aliphatic carbocycles. The van der Waals surface area contributed by atoms with E-state index in [9.17, 15) is 4.79 Å². The van der Waals surface area contributed by atoms with Gasteiger partial charge in [0, 0.05) is 31.6 Å². The molecule has 0 aliphatic rings. The number of nitrogens with zero attached hydrogens (tertiary/aromatic N) is 2. The molecule has 0 bridgehead atoms. The molecule has 27 heavy (non-hydrogen) atoms. The lowest BCUT2D eigenvalue weighted by molar-refractivity contribution is -0.129. The Morgan fingerprint density at radius 2 is 1.89 bits per heavy atom. The van der Waals surface area contributed by atoms with E-state index < -0.39 is 0 Å². The molecule has 2 rings (SSSR count). The zero-order valence-electron chi connectivity index (χ0n) is 15.9. The summed E-state index contributed by atoms with van der Waals surface area (Å²) in [7, 11) is 2.06. The van der Waals surface area contributed by atoms with Gasteiger partial charge < -0.3 is 4.57 Å². The minimum atomic E-state index is -0.317. The Labute approximate surface area is 171 Å². The van der Waals surface area contributed by atoms with Gasteiger partial charge in [-0.05, 0) is 49.3 Å². The van der Waals surface area contributed by atoms with Crippen LogP contribution in [-0.4, -0.2) is 32.4 Å². The summed E-state index contributed by atoms with van der Waals surface area (Å²) >= 11 is 11.9. The summed E-state index contributed by atoms with van der Waals surface area (Å²) in [4.78, 5) is 15.8. The standard InChI is InChI=1S/C20H29Cl2N3O2/c1-25-18-9-8-16(15(10-12-21)11-13-22)14-17(18)23-19(25)6-4-2-3-5-7-20(26)24-27/h8-9,14-15,27H,2-7,10-13H2,1H3,(H,24,26). The number of alkyl halides is 2. The zero-order chi connectivity index (χ0) is 19.6. The van der Waals surface area contributed by atoms with E-state index in [1.165, 1.54) is 5.56 Å². The van der Waals surface area contributed by atoms with Crippen molar-refractivity contribution >= 4 is 40.1 Å². The second-order valence-corrected chi connectivity index (χ2v) is 7.69. The maximum Gasteiger partial charge on any atom is 0.243 e. The maximum atomic E-state index is 11.0. The van der Waals surface area contributed by atoms with Gasteiger partial charge >= 0.3 is 0 Å². The van der Waals surface area contributed by atoms with Gasteiger partial charge in [-0.1, -0.05) is 18.9 Å². The first-order valence-electron chi connectivity index (χ1n) is 9.60. The summed E-state index contributed by atoms with van der Waals surface area (Å²) < 4.78 is 2.16. The number of fused-ring (bicyclic) bond motifs is 1. The lowest BCUT2D eigenvalue weighted by Gasteiger charge is -2.14. The highest BCUT2D eigenvalue weighted by atomic mass is 35.5. The van der Waals surface area contributed by atoms with Crippen molar-refractivity contribution in [3.05, 3.63) is 29.6 Å². The lowest BCUT2D eigenvalue weighted by atomic mass is 9.93. The number of unbranched alkanes of at least 4 members (excludes halogenated alkanes) is 3. The molecule has 0 aliphatic heterocycles. The molecule has 2 aromatic rings. The number of rotatable bonds is 12. The quantitative estimate of drug-likeness (QED) is 0.224. The predicted molar refractivity (Wildman–Crippen MR) is 111 cm³/mol. The van der Waals surface area contributed by atoms with Crippen molar-refractivity contribution in [1.29, 1.82) is 0 Å². The van der Waals surface area contributed by atoms with Crippen LogP contribution in [0, 0.1) is 0 Å². The van der Waals surface area contributed by atoms with Crippen LogP contribution in [0.1, 0.15) is 62.3 Å². The third kappa shape index (κ3) is 6.37. The predicted octanol–water partition coefficient (Wildman–Crippen LogP) is 4.91. The number of aryl methyl sites for hydroxylation is 2. The van der Waals surface area contributed by atoms with Crippen LogP contribution in [0.15, 0.2) is 18.2 Å². The van der Waals surface area contributed by atoms with Gasteiger partial charge in [0.25, 0.3) is 0 Å². The van der Waals surface area contributed by atoms with E-state index in [-0.39, 0.29) is 5.91 Å². The minimum Gasteiger partial charge on any atom is -0.331 e. The Hall–Kier alpha value is -1.30. The summed E-state index contributed by atoms with van der Waals surface area (Å²) in [5.41, 5.74) is 5.09. The number of benzene rings is 1. The van der Waals surface area contributed by atoms with E-state index in [0.29, 0.717) is 24.1 Å². The van der Waals surface area contributed by atoms with E-state index in [2.05, 4.69) is 29.8 Å². The van der Waals surface area contributed by atoms with Crippen molar-refractivity contribution in [2.75, 3.05) is 11.8 Å². The first kappa shape index (κ1) is 22.0. The highest BCUT2D eigenvalue weighted by molar-refractivity contribution is 6.18. The van der Waals surface area contributed by atoms with Gasteiger partial charge in [0.2, 0.25) is 5.91 Å². The van der Waals surface area contributed by atoms with Crippen molar-refractivity contribution in [1.82, 2.24) is 15.0 Å². The molecule has 0 unspecified atom stereocenters. The Morgan fingerprint density at radius 3 is 2.56 bits per heavy atom. The Morgan fingerprint density at radius 1 is 1.19 bits per heavy atom. The van der Waals surface area contributed by atoms with Crippen LogP contribution in [0.4, 0.5) is 0 Å². The average molecular weight is 414 g/mol. The third-order valence-electron chi connectivity index (χ3n) is 5.06. The summed E-state index contributed by atoms with van der Waals surface area (Å²) in [6.07, 6.45) is 6.98. The number of nitrogens with one attached hydrogen (secondary N) is 1. The Kier molecular flexibility index (Phi) is 9.39. The van der Waals surface area contributed by atoms with E-state index in [1.807, 2.05) is 0 Å². The van der Waals surface area contributed by atoms with E-state index in [1.54, 1.807) is 5.48 Å². The van der Waals surface area contributed by atoms with Crippen LogP contribution < -0.4 is 5.48 Å². The van der Waals surface area contributed by atoms with Crippen LogP contribution in [-0.2, 0) is 18.3 Å². The monoisotopic (exact) mass is 413 g/mol. The van der Waals surface area contributed by atoms with Crippen molar-refractivity contribution in [3.8, 4) is 0 Å². The molecule has 2 N–H and O–H groups in total. The maximum absolute atomic E-state index is 11.0. The SMILES string of the molecule is Cn1c(CCCCCCC(=O)NO)nc2cc(C(CCCl)CCCl)ccc21. The second-order valence-electron chi connectivity index (χ2n) is 6.94. The molecule has 0 atom stereocenters. The second kappa shape index (κ2) is 11.5. The first-order chi connectivity index (χ1) is 13.1. The Bertz CT molecular complexity index is 727. The number of hydrogen-bond acceptors (Lipinski definition) is 3. The number of imidazole rings is 1. The van der Waals surface area contributed by atoms with Crippen LogP contribution >= 0.6 is 23.2 Å². The highest BCUT2D eigenvalue weighted by Crippen LogP contribution is 2.28. The van der Waals surface area contributed by atoms with Crippen molar-refractivity contribution in [2.24, 2.45) is 7.05 Å². The fourth-order valence-electron chi connectivity index (χ4n) is 3.46. The topological polar surface area (TPSA) is 67.2 Å². The number of aromatic nitrogens is 2. The molecular weight excluding hydrogens is 385 g/mol. The molecule has 1 heterocycles. The molecule has 0 saturated heterocycles. The molecule has 7 heteroatoms. The van der Waals surface area contributed by atoms with Gasteiger partial charge in [0.05, 0.1) is 11.0 Å². The number of carbonyl (C=O) groups is 1. The Balaban J connectivity index is 1.96. The van der Waals surface area contributed by atoms with Gasteiger partial charge in [-0.2, -0.15) is 0 Å². The van der Waals surface area contributed by atoms with Crippen LogP contribution in [0.2, 0.25) is 0 Å². The van der Waals surface area contributed by atoms with E-state index >= 15 is 0 Å². The largest absolute Gasteiger partial charge is 0.331 e. The lowest BCUT2D eigenvalue weighted by Crippen LogP contribution is -2.17. The molecule has 1 amide bonds. The summed E-state index contributed by atoms with van der Waals surface area (Å²) in [5, 5.41) is 8.48. The molecule has 5 nitrogen and oxygen atoms in total. The summed E-state index contributed by atoms with van der Waals surface area (Å²) in [6, 6.07) is 6.49. The first-order valence-corrected chi connectivity index (χ1v) is 10.7. The normalized spacial score (nSPS) is 11.4. The van der Waals surface area contributed by atoms with E-state index in [0.717, 1.165) is 61.8 Å². The van der Waals surface area contributed by atoms with Crippen LogP contribution in [0.5, 0.6) is 0 Å². The number of halogens is 2. The van der Waals surface area contributed by atoms with E-state index in [4.69, 9.17) is 33.4 Å². The summed E-state index contributed by atoms with van der Waals surface area (Å²) in [5.74, 6) is 2.41. The number of hydroxylamine groups is 1. The van der Waals surface area contributed by atoms with Crippen LogP contribution in [0.3, 0.4) is 0 Å². The van der Waals surface area contributed by atoms with Gasteiger partial charge in [-0.25, -0.2) is 10.5 Å². The van der Waals surface area contributed by atoms with Crippen molar-refractivity contribution in [2.45, 2.75) is 57.3 Å². The van der Waals surface area contributed by atoms with Gasteiger partial charge in [0.1, 0.15) is 5.82 Å². The number of hydrogen-bond donors (Lipinski definition) is 2. The number of carbonyl (C=O) groups excluding carboxylic acids is 1. The molecular formula is C20H29Cl2N3O2. The van der Waals surface area contributed by atoms with Gasteiger partial charge in [0.15, 0.2) is 0 Å². The summed E-state index contributed by atoms with van der Waals surface area (Å²) in [6.45, 7) is 0. The molecule has 0 spiro atoms. The zero-order valence-corrected chi connectivity index (χ0v) is 17.4. The van der Waals surface area contributed by atoms with Gasteiger partial charge in [-0.15, -0.1) is 23.2 Å². The average Bonchev–Trinajstić information content (AvgIpc) is 2.99. The van der Waals surface area contributed by atoms with Crippen LogP contribution in [0.25, 0.3) is 11.0 Å². The minimum absolute atomic E-state index is 0.317. The fourth-order valence-corrected chi connectivity index (χ4v) is 3.99. The molecule has 0 radical (unpaired) electrons. The molecule has 150 valence electrons. The van der Waals surface area contributed by atoms with Gasteiger partial charge in [-0.3, -0.25) is 10.0 Å². The van der Waals surface area contributed by atoms with Crippen molar-refractivity contribution in [3.63, 3.8) is 0 Å². The molecule has 0 saturated carbocycles. The highest BCUT2D eigenvalue weighted by Gasteiger charge is 2.14. The molecule has 0 fully saturated rings. The molecule has 1 aromatic carbocycles. The third-order valence-corrected chi connectivity index (χ3v) is 5.50. The molecule has 1 aromatic heterocycles. The fraction of sp³-hybridized carbons (Fsp3) is 0.600. The number of amides is 1. The van der Waals surface area contributed by atoms with Crippen molar-refractivity contribution < 1.29 is 10.0 Å². The smallest absolute Gasteiger partial charge is 0.243 e.